The lowest BCUT2D eigenvalue weighted by atomic mass is 10.0. The molecule has 0 bridgehead atoms. The predicted molar refractivity (Wildman–Crippen MR) is 122 cm³/mol. The smallest absolute Gasteiger partial charge is 0.265 e. The van der Waals surface area contributed by atoms with E-state index in [9.17, 15) is 14.4 Å². The molecule has 3 amide bonds. The van der Waals surface area contributed by atoms with Crippen LogP contribution < -0.4 is 15.4 Å². The zero-order chi connectivity index (χ0) is 22.7. The molecule has 1 fully saturated rings. The number of hydrogen-bond acceptors (Lipinski definition) is 4. The lowest BCUT2D eigenvalue weighted by molar-refractivity contribution is -0.135. The second-order valence-corrected chi connectivity index (χ2v) is 8.72. The molecule has 32 heavy (non-hydrogen) atoms. The Hall–Kier alpha value is -3.35. The Bertz CT molecular complexity index is 987. The average Bonchev–Trinajstić information content (AvgIpc) is 3.24. The van der Waals surface area contributed by atoms with Gasteiger partial charge in [0.1, 0.15) is 5.75 Å². The molecule has 0 aliphatic carbocycles. The van der Waals surface area contributed by atoms with Gasteiger partial charge >= 0.3 is 0 Å². The number of nitrogens with zero attached hydrogens (tertiary/aromatic N) is 1. The van der Waals surface area contributed by atoms with Crippen LogP contribution in [0.15, 0.2) is 48.5 Å². The molecular weight excluding hydrogens is 406 g/mol. The van der Waals surface area contributed by atoms with Crippen LogP contribution in [0.1, 0.15) is 42.6 Å². The van der Waals surface area contributed by atoms with Gasteiger partial charge in [-0.25, -0.2) is 0 Å². The largest absolute Gasteiger partial charge is 0.480 e. The molecule has 2 aliphatic heterocycles. The summed E-state index contributed by atoms with van der Waals surface area (Å²) in [5.41, 5.74) is 2.06. The maximum atomic E-state index is 12.8. The van der Waals surface area contributed by atoms with Crippen molar-refractivity contribution in [3.05, 3.63) is 59.7 Å². The van der Waals surface area contributed by atoms with Crippen LogP contribution in [0.3, 0.4) is 0 Å². The molecule has 1 atom stereocenters. The van der Waals surface area contributed by atoms with E-state index in [0.717, 1.165) is 24.2 Å². The van der Waals surface area contributed by atoms with Crippen LogP contribution in [0.5, 0.6) is 5.75 Å². The lowest BCUT2D eigenvalue weighted by Crippen LogP contribution is -2.47. The minimum Gasteiger partial charge on any atom is -0.480 e. The fourth-order valence-electron chi connectivity index (χ4n) is 4.17. The standard InChI is InChI=1S/C25H29N3O4/c1-16(2)25(31)28-12-10-19(11-13-28)26-23(29)18-7-5-8-20(14-18)27-24(30)22-15-17-6-3-4-9-21(17)32-22/h3-9,14,16,19,22H,10-13,15H2,1-2H3,(H,26,29)(H,27,30). The quantitative estimate of drug-likeness (QED) is 0.756. The number of benzene rings is 2. The van der Waals surface area contributed by atoms with E-state index in [0.29, 0.717) is 30.8 Å². The molecule has 7 heteroatoms. The summed E-state index contributed by atoms with van der Waals surface area (Å²) in [5, 5.41) is 5.92. The number of hydrogen-bond donors (Lipinski definition) is 2. The van der Waals surface area contributed by atoms with Crippen LogP contribution in [-0.4, -0.2) is 47.9 Å². The van der Waals surface area contributed by atoms with E-state index in [1.807, 2.05) is 43.0 Å². The molecule has 2 N–H and O–H groups in total. The first-order valence-electron chi connectivity index (χ1n) is 11.2. The molecule has 1 unspecified atom stereocenters. The van der Waals surface area contributed by atoms with E-state index in [-0.39, 0.29) is 29.7 Å². The van der Waals surface area contributed by atoms with Gasteiger partial charge in [0, 0.05) is 42.7 Å². The Kier molecular flexibility index (Phi) is 6.44. The first-order valence-corrected chi connectivity index (χ1v) is 11.2. The number of anilines is 1. The molecule has 0 radical (unpaired) electrons. The number of carbonyl (C=O) groups excluding carboxylic acids is 3. The molecule has 0 aromatic heterocycles. The number of rotatable bonds is 5. The maximum Gasteiger partial charge on any atom is 0.265 e. The van der Waals surface area contributed by atoms with Gasteiger partial charge in [0.2, 0.25) is 5.91 Å². The number of ether oxygens (including phenoxy) is 1. The van der Waals surface area contributed by atoms with E-state index in [1.54, 1.807) is 24.3 Å². The normalized spacial score (nSPS) is 18.1. The molecule has 0 saturated carbocycles. The summed E-state index contributed by atoms with van der Waals surface area (Å²) in [6.45, 7) is 5.11. The van der Waals surface area contributed by atoms with Crippen LogP contribution in [-0.2, 0) is 16.0 Å². The summed E-state index contributed by atoms with van der Waals surface area (Å²) in [6, 6.07) is 14.6. The summed E-state index contributed by atoms with van der Waals surface area (Å²) in [6.07, 6.45) is 1.42. The Morgan fingerprint density at radius 3 is 2.50 bits per heavy atom. The molecule has 2 aliphatic rings. The highest BCUT2D eigenvalue weighted by molar-refractivity contribution is 5.98. The number of carbonyl (C=O) groups is 3. The number of nitrogens with one attached hydrogen (secondary N) is 2. The number of amides is 3. The van der Waals surface area contributed by atoms with Crippen molar-refractivity contribution in [2.75, 3.05) is 18.4 Å². The highest BCUT2D eigenvalue weighted by atomic mass is 16.5. The van der Waals surface area contributed by atoms with Gasteiger partial charge in [0.15, 0.2) is 6.10 Å². The van der Waals surface area contributed by atoms with Crippen molar-refractivity contribution in [2.45, 2.75) is 45.3 Å². The van der Waals surface area contributed by atoms with Crippen molar-refractivity contribution in [2.24, 2.45) is 5.92 Å². The molecule has 4 rings (SSSR count). The number of piperidine rings is 1. The van der Waals surface area contributed by atoms with Crippen molar-refractivity contribution in [1.82, 2.24) is 10.2 Å². The molecule has 1 saturated heterocycles. The van der Waals surface area contributed by atoms with Crippen LogP contribution in [0.4, 0.5) is 5.69 Å². The third-order valence-corrected chi connectivity index (χ3v) is 5.97. The summed E-state index contributed by atoms with van der Waals surface area (Å²) in [7, 11) is 0. The van der Waals surface area contributed by atoms with E-state index < -0.39 is 6.10 Å². The van der Waals surface area contributed by atoms with Crippen molar-refractivity contribution >= 4 is 23.4 Å². The van der Waals surface area contributed by atoms with Gasteiger partial charge in [-0.1, -0.05) is 38.1 Å². The Morgan fingerprint density at radius 2 is 1.78 bits per heavy atom. The summed E-state index contributed by atoms with van der Waals surface area (Å²) in [4.78, 5) is 39.4. The first kappa shape index (κ1) is 21.9. The molecule has 2 aromatic carbocycles. The fraction of sp³-hybridized carbons (Fsp3) is 0.400. The highest BCUT2D eigenvalue weighted by Crippen LogP contribution is 2.28. The number of fused-ring (bicyclic) bond motifs is 1. The Labute approximate surface area is 188 Å². The summed E-state index contributed by atoms with van der Waals surface area (Å²) >= 11 is 0. The SMILES string of the molecule is CC(C)C(=O)N1CCC(NC(=O)c2cccc(NC(=O)C3Cc4ccccc4O3)c2)CC1. The molecule has 7 nitrogen and oxygen atoms in total. The van der Waals surface area contributed by atoms with Crippen LogP contribution in [0, 0.1) is 5.92 Å². The Balaban J connectivity index is 1.31. The minimum absolute atomic E-state index is 0.0112. The minimum atomic E-state index is -0.580. The van der Waals surface area contributed by atoms with Gasteiger partial charge in [-0.3, -0.25) is 14.4 Å². The topological polar surface area (TPSA) is 87.7 Å². The third kappa shape index (κ3) is 4.93. The van der Waals surface area contributed by atoms with E-state index in [1.165, 1.54) is 0 Å². The van der Waals surface area contributed by atoms with Crippen LogP contribution >= 0.6 is 0 Å². The predicted octanol–water partition coefficient (Wildman–Crippen LogP) is 3.01. The van der Waals surface area contributed by atoms with Gasteiger partial charge in [-0.2, -0.15) is 0 Å². The van der Waals surface area contributed by atoms with Gasteiger partial charge in [-0.05, 0) is 42.7 Å². The zero-order valence-electron chi connectivity index (χ0n) is 18.5. The van der Waals surface area contributed by atoms with Crippen LogP contribution in [0.25, 0.3) is 0 Å². The highest BCUT2D eigenvalue weighted by Gasteiger charge is 2.29. The van der Waals surface area contributed by atoms with Gasteiger partial charge in [-0.15, -0.1) is 0 Å². The number of para-hydroxylation sites is 1. The van der Waals surface area contributed by atoms with Crippen molar-refractivity contribution in [3.8, 4) is 5.75 Å². The molecule has 168 valence electrons. The van der Waals surface area contributed by atoms with Crippen molar-refractivity contribution < 1.29 is 19.1 Å². The molecular formula is C25H29N3O4. The van der Waals surface area contributed by atoms with E-state index in [2.05, 4.69) is 10.6 Å². The number of likely N-dealkylation sites (tertiary alicyclic amines) is 1. The monoisotopic (exact) mass is 435 g/mol. The second-order valence-electron chi connectivity index (χ2n) is 8.72. The molecule has 2 aromatic rings. The maximum absolute atomic E-state index is 12.8. The van der Waals surface area contributed by atoms with Crippen molar-refractivity contribution in [3.63, 3.8) is 0 Å². The van der Waals surface area contributed by atoms with Gasteiger partial charge in [0.25, 0.3) is 11.8 Å². The summed E-state index contributed by atoms with van der Waals surface area (Å²) < 4.78 is 5.74. The molecule has 0 spiro atoms. The average molecular weight is 436 g/mol. The van der Waals surface area contributed by atoms with E-state index in [4.69, 9.17) is 4.74 Å². The fourth-order valence-corrected chi connectivity index (χ4v) is 4.17. The van der Waals surface area contributed by atoms with Gasteiger partial charge in [0.05, 0.1) is 0 Å². The lowest BCUT2D eigenvalue weighted by Gasteiger charge is -2.33. The second kappa shape index (κ2) is 9.42. The van der Waals surface area contributed by atoms with E-state index >= 15 is 0 Å². The molecule has 2 heterocycles. The van der Waals surface area contributed by atoms with Crippen molar-refractivity contribution in [1.29, 1.82) is 0 Å². The zero-order valence-corrected chi connectivity index (χ0v) is 18.5. The third-order valence-electron chi connectivity index (χ3n) is 5.97. The van der Waals surface area contributed by atoms with Gasteiger partial charge < -0.3 is 20.3 Å². The summed E-state index contributed by atoms with van der Waals surface area (Å²) in [5.74, 6) is 0.470. The Morgan fingerprint density at radius 1 is 1.03 bits per heavy atom. The van der Waals surface area contributed by atoms with Crippen LogP contribution in [0.2, 0.25) is 0 Å². The first-order chi connectivity index (χ1) is 15.4.